The van der Waals surface area contributed by atoms with Crippen LogP contribution < -0.4 is 0 Å². The van der Waals surface area contributed by atoms with Crippen LogP contribution in [0.2, 0.25) is 0 Å². The van der Waals surface area contributed by atoms with Crippen LogP contribution in [-0.4, -0.2) is 67.4 Å². The zero-order chi connectivity index (χ0) is 19.2. The van der Waals surface area contributed by atoms with Gasteiger partial charge in [-0.25, -0.2) is 0 Å². The van der Waals surface area contributed by atoms with Crippen molar-refractivity contribution in [1.29, 1.82) is 0 Å². The number of amides is 1. The molecule has 3 rings (SSSR count). The predicted molar refractivity (Wildman–Crippen MR) is 112 cm³/mol. The Hall–Kier alpha value is -1.39. The minimum Gasteiger partial charge on any atom is -0.342 e. The fraction of sp³-hybridized carbons (Fsp3) is 0.696. The minimum absolute atomic E-state index is 0.270. The molecule has 2 heterocycles. The van der Waals surface area contributed by atoms with Gasteiger partial charge in [0.15, 0.2) is 0 Å². The third-order valence-electron chi connectivity index (χ3n) is 6.53. The lowest BCUT2D eigenvalue weighted by Crippen LogP contribution is -2.45. The summed E-state index contributed by atoms with van der Waals surface area (Å²) in [6, 6.07) is 9.16. The molecule has 0 radical (unpaired) electrons. The van der Waals surface area contributed by atoms with Gasteiger partial charge in [-0.3, -0.25) is 4.79 Å². The second-order valence-corrected chi connectivity index (χ2v) is 8.70. The highest BCUT2D eigenvalue weighted by atomic mass is 16.2. The molecule has 2 fully saturated rings. The van der Waals surface area contributed by atoms with Crippen molar-refractivity contribution in [3.8, 4) is 0 Å². The van der Waals surface area contributed by atoms with E-state index in [0.717, 1.165) is 77.3 Å². The highest BCUT2D eigenvalue weighted by molar-refractivity contribution is 5.79. The smallest absolute Gasteiger partial charge is 0.225 e. The van der Waals surface area contributed by atoms with Gasteiger partial charge in [-0.2, -0.15) is 0 Å². The first-order valence-electron chi connectivity index (χ1n) is 10.8. The lowest BCUT2D eigenvalue weighted by atomic mass is 9.88. The summed E-state index contributed by atoms with van der Waals surface area (Å²) in [6.45, 7) is 8.33. The first-order valence-corrected chi connectivity index (χ1v) is 10.8. The summed E-state index contributed by atoms with van der Waals surface area (Å²) in [5.74, 6) is 1.41. The van der Waals surface area contributed by atoms with Gasteiger partial charge in [0.2, 0.25) is 5.91 Å². The number of likely N-dealkylation sites (tertiary alicyclic amines) is 2. The van der Waals surface area contributed by atoms with Gasteiger partial charge in [0.25, 0.3) is 0 Å². The van der Waals surface area contributed by atoms with Gasteiger partial charge < -0.3 is 14.7 Å². The van der Waals surface area contributed by atoms with Crippen molar-refractivity contribution in [1.82, 2.24) is 14.7 Å². The molecule has 0 unspecified atom stereocenters. The first kappa shape index (κ1) is 20.3. The van der Waals surface area contributed by atoms with Crippen molar-refractivity contribution in [2.75, 3.05) is 46.8 Å². The first-order chi connectivity index (χ1) is 13.0. The number of piperidine rings is 2. The van der Waals surface area contributed by atoms with E-state index < -0.39 is 0 Å². The molecule has 4 heteroatoms. The molecule has 0 aliphatic carbocycles. The third kappa shape index (κ3) is 5.79. The van der Waals surface area contributed by atoms with Crippen LogP contribution in [0, 0.1) is 11.8 Å². The Morgan fingerprint density at radius 1 is 1.00 bits per heavy atom. The molecule has 2 aliphatic heterocycles. The Morgan fingerprint density at radius 2 is 1.59 bits per heavy atom. The normalized spacial score (nSPS) is 20.4. The minimum atomic E-state index is 0.270. The van der Waals surface area contributed by atoms with Gasteiger partial charge in [0, 0.05) is 25.6 Å². The molecule has 1 aromatic rings. The molecule has 27 heavy (non-hydrogen) atoms. The van der Waals surface area contributed by atoms with Gasteiger partial charge >= 0.3 is 0 Å². The van der Waals surface area contributed by atoms with Crippen LogP contribution in [0.25, 0.3) is 0 Å². The largest absolute Gasteiger partial charge is 0.342 e. The standard InChI is InChI=1S/C23H37N3O/c1-4-24(2)18-21-7-5-19(6-8-21)17-20-9-15-26(16-10-20)23(27)22-11-13-25(3)14-12-22/h5-8,20,22H,4,9-18H2,1-3H3. The van der Waals surface area contributed by atoms with Crippen LogP contribution in [0.3, 0.4) is 0 Å². The molecular formula is C23H37N3O. The van der Waals surface area contributed by atoms with Crippen LogP contribution in [0.15, 0.2) is 24.3 Å². The van der Waals surface area contributed by atoms with Crippen molar-refractivity contribution >= 4 is 5.91 Å². The Bertz CT molecular complexity index is 584. The van der Waals surface area contributed by atoms with E-state index >= 15 is 0 Å². The maximum absolute atomic E-state index is 12.8. The van der Waals surface area contributed by atoms with Crippen molar-refractivity contribution in [3.05, 3.63) is 35.4 Å². The van der Waals surface area contributed by atoms with Gasteiger partial charge in [0.05, 0.1) is 0 Å². The molecular weight excluding hydrogens is 334 g/mol. The van der Waals surface area contributed by atoms with Crippen LogP contribution in [0.4, 0.5) is 0 Å². The highest BCUT2D eigenvalue weighted by Gasteiger charge is 2.30. The zero-order valence-electron chi connectivity index (χ0n) is 17.5. The molecule has 1 aromatic carbocycles. The van der Waals surface area contributed by atoms with E-state index in [9.17, 15) is 4.79 Å². The Morgan fingerprint density at radius 3 is 2.19 bits per heavy atom. The monoisotopic (exact) mass is 371 g/mol. The Labute approximate surface area is 165 Å². The van der Waals surface area contributed by atoms with E-state index in [-0.39, 0.29) is 5.92 Å². The van der Waals surface area contributed by atoms with Crippen molar-refractivity contribution in [2.24, 2.45) is 11.8 Å². The Kier molecular flexibility index (Phi) is 7.31. The van der Waals surface area contributed by atoms with E-state index in [4.69, 9.17) is 0 Å². The summed E-state index contributed by atoms with van der Waals surface area (Å²) >= 11 is 0. The summed E-state index contributed by atoms with van der Waals surface area (Å²) < 4.78 is 0. The lowest BCUT2D eigenvalue weighted by Gasteiger charge is -2.36. The molecule has 150 valence electrons. The van der Waals surface area contributed by atoms with Gasteiger partial charge in [-0.1, -0.05) is 31.2 Å². The van der Waals surface area contributed by atoms with E-state index in [1.54, 1.807) is 0 Å². The summed E-state index contributed by atoms with van der Waals surface area (Å²) in [5.41, 5.74) is 2.83. The lowest BCUT2D eigenvalue weighted by molar-refractivity contribution is -0.138. The van der Waals surface area contributed by atoms with Gasteiger partial charge in [0.1, 0.15) is 0 Å². The van der Waals surface area contributed by atoms with Crippen molar-refractivity contribution in [2.45, 2.75) is 45.6 Å². The molecule has 1 amide bonds. The second kappa shape index (κ2) is 9.70. The fourth-order valence-electron chi connectivity index (χ4n) is 4.41. The fourth-order valence-corrected chi connectivity index (χ4v) is 4.41. The SMILES string of the molecule is CCN(C)Cc1ccc(CC2CCN(C(=O)C3CCN(C)CC3)CC2)cc1. The van der Waals surface area contributed by atoms with Crippen molar-refractivity contribution < 1.29 is 4.79 Å². The number of rotatable bonds is 6. The number of hydrogen-bond acceptors (Lipinski definition) is 3. The molecule has 0 N–H and O–H groups in total. The number of benzene rings is 1. The summed E-state index contributed by atoms with van der Waals surface area (Å²) in [4.78, 5) is 19.6. The van der Waals surface area contributed by atoms with Crippen LogP contribution >= 0.6 is 0 Å². The quantitative estimate of drug-likeness (QED) is 0.768. The molecule has 2 saturated heterocycles. The van der Waals surface area contributed by atoms with E-state index in [1.165, 1.54) is 11.1 Å². The molecule has 0 atom stereocenters. The number of hydrogen-bond donors (Lipinski definition) is 0. The predicted octanol–water partition coefficient (Wildman–Crippen LogP) is 3.26. The van der Waals surface area contributed by atoms with Crippen LogP contribution in [-0.2, 0) is 17.8 Å². The van der Waals surface area contributed by atoms with E-state index in [1.807, 2.05) is 0 Å². The maximum atomic E-state index is 12.8. The Balaban J connectivity index is 1.43. The number of carbonyl (C=O) groups is 1. The molecule has 4 nitrogen and oxygen atoms in total. The average Bonchev–Trinajstić information content (AvgIpc) is 2.70. The third-order valence-corrected chi connectivity index (χ3v) is 6.53. The molecule has 0 spiro atoms. The second-order valence-electron chi connectivity index (χ2n) is 8.70. The summed E-state index contributed by atoms with van der Waals surface area (Å²) in [7, 11) is 4.31. The van der Waals surface area contributed by atoms with Crippen molar-refractivity contribution in [3.63, 3.8) is 0 Å². The zero-order valence-corrected chi connectivity index (χ0v) is 17.5. The summed E-state index contributed by atoms with van der Waals surface area (Å²) in [6.07, 6.45) is 5.53. The van der Waals surface area contributed by atoms with E-state index in [0.29, 0.717) is 5.91 Å². The summed E-state index contributed by atoms with van der Waals surface area (Å²) in [5, 5.41) is 0. The molecule has 0 saturated carbocycles. The van der Waals surface area contributed by atoms with Crippen LogP contribution in [0.1, 0.15) is 43.7 Å². The van der Waals surface area contributed by atoms with Gasteiger partial charge in [-0.15, -0.1) is 0 Å². The topological polar surface area (TPSA) is 26.8 Å². The van der Waals surface area contributed by atoms with Crippen LogP contribution in [0.5, 0.6) is 0 Å². The average molecular weight is 372 g/mol. The number of nitrogens with zero attached hydrogens (tertiary/aromatic N) is 3. The molecule has 2 aliphatic rings. The van der Waals surface area contributed by atoms with Gasteiger partial charge in [-0.05, 0) is 82.9 Å². The highest BCUT2D eigenvalue weighted by Crippen LogP contribution is 2.25. The molecule has 0 bridgehead atoms. The molecule has 0 aromatic heterocycles. The number of carbonyl (C=O) groups excluding carboxylic acids is 1. The van der Waals surface area contributed by atoms with E-state index in [2.05, 4.69) is 60.0 Å². The maximum Gasteiger partial charge on any atom is 0.225 e.